The number of fused-ring (bicyclic) bond motifs is 1. The largest absolute Gasteiger partial charge is 0.486 e. The Kier molecular flexibility index (Phi) is 4.49. The number of carbonyl (C=O) groups excluding carboxylic acids is 1. The van der Waals surface area contributed by atoms with Gasteiger partial charge in [-0.1, -0.05) is 6.92 Å². The standard InChI is InChI=1S/C15H22N2O3/c1-3-15(2,6-7-16)17-14(18)11-4-5-12-13(10-11)20-9-8-19-12/h4-5,10H,3,6-9,16H2,1-2H3,(H,17,18). The van der Waals surface area contributed by atoms with Crippen LogP contribution in [-0.4, -0.2) is 31.2 Å². The van der Waals surface area contributed by atoms with Gasteiger partial charge in [-0.15, -0.1) is 0 Å². The van der Waals surface area contributed by atoms with Gasteiger partial charge in [0.15, 0.2) is 11.5 Å². The van der Waals surface area contributed by atoms with Gasteiger partial charge in [0.2, 0.25) is 0 Å². The molecule has 2 rings (SSSR count). The molecule has 0 fully saturated rings. The predicted octanol–water partition coefficient (Wildman–Crippen LogP) is 1.71. The number of hydrogen-bond donors (Lipinski definition) is 2. The van der Waals surface area contributed by atoms with Crippen molar-refractivity contribution in [1.29, 1.82) is 0 Å². The summed E-state index contributed by atoms with van der Waals surface area (Å²) in [5.74, 6) is 1.20. The molecule has 3 N–H and O–H groups in total. The molecule has 1 aromatic rings. The molecular weight excluding hydrogens is 256 g/mol. The second kappa shape index (κ2) is 6.13. The fourth-order valence-corrected chi connectivity index (χ4v) is 2.18. The van der Waals surface area contributed by atoms with Gasteiger partial charge in [0.25, 0.3) is 5.91 Å². The van der Waals surface area contributed by atoms with Crippen LogP contribution in [-0.2, 0) is 0 Å². The van der Waals surface area contributed by atoms with Gasteiger partial charge >= 0.3 is 0 Å². The number of hydrogen-bond acceptors (Lipinski definition) is 4. The molecule has 0 bridgehead atoms. The van der Waals surface area contributed by atoms with E-state index in [4.69, 9.17) is 15.2 Å². The molecule has 0 saturated heterocycles. The monoisotopic (exact) mass is 278 g/mol. The van der Waals surface area contributed by atoms with Crippen molar-refractivity contribution in [2.75, 3.05) is 19.8 Å². The molecule has 1 aromatic carbocycles. The third kappa shape index (κ3) is 3.22. The van der Waals surface area contributed by atoms with Crippen LogP contribution in [0.1, 0.15) is 37.0 Å². The van der Waals surface area contributed by atoms with Gasteiger partial charge in [-0.2, -0.15) is 0 Å². The third-order valence-electron chi connectivity index (χ3n) is 3.70. The van der Waals surface area contributed by atoms with Gasteiger partial charge in [0.05, 0.1) is 0 Å². The minimum absolute atomic E-state index is 0.111. The summed E-state index contributed by atoms with van der Waals surface area (Å²) in [6.45, 7) is 5.65. The van der Waals surface area contributed by atoms with Crippen LogP contribution >= 0.6 is 0 Å². The lowest BCUT2D eigenvalue weighted by atomic mass is 9.94. The molecule has 1 amide bonds. The van der Waals surface area contributed by atoms with Crippen molar-refractivity contribution in [3.63, 3.8) is 0 Å². The van der Waals surface area contributed by atoms with Gasteiger partial charge in [0.1, 0.15) is 13.2 Å². The number of carbonyl (C=O) groups is 1. The van der Waals surface area contributed by atoms with E-state index in [1.54, 1.807) is 18.2 Å². The van der Waals surface area contributed by atoms with Crippen molar-refractivity contribution in [2.24, 2.45) is 5.73 Å². The summed E-state index contributed by atoms with van der Waals surface area (Å²) in [6, 6.07) is 5.25. The van der Waals surface area contributed by atoms with Gasteiger partial charge < -0.3 is 20.5 Å². The Morgan fingerprint density at radius 2 is 2.05 bits per heavy atom. The summed E-state index contributed by atoms with van der Waals surface area (Å²) in [5.41, 5.74) is 5.90. The van der Waals surface area contributed by atoms with E-state index >= 15 is 0 Å². The Bertz CT molecular complexity index is 490. The van der Waals surface area contributed by atoms with E-state index in [0.717, 1.165) is 12.8 Å². The van der Waals surface area contributed by atoms with E-state index in [9.17, 15) is 4.79 Å². The van der Waals surface area contributed by atoms with E-state index < -0.39 is 0 Å². The second-order valence-electron chi connectivity index (χ2n) is 5.27. The van der Waals surface area contributed by atoms with E-state index in [1.807, 2.05) is 13.8 Å². The maximum Gasteiger partial charge on any atom is 0.251 e. The minimum Gasteiger partial charge on any atom is -0.486 e. The first-order valence-corrected chi connectivity index (χ1v) is 7.00. The first-order chi connectivity index (χ1) is 9.58. The molecule has 1 aliphatic heterocycles. The first-order valence-electron chi connectivity index (χ1n) is 7.00. The van der Waals surface area contributed by atoms with Crippen molar-refractivity contribution in [1.82, 2.24) is 5.32 Å². The Morgan fingerprint density at radius 3 is 2.70 bits per heavy atom. The normalized spacial score (nSPS) is 16.4. The molecule has 0 spiro atoms. The van der Waals surface area contributed by atoms with Crippen LogP contribution in [0.25, 0.3) is 0 Å². The van der Waals surface area contributed by atoms with E-state index in [1.165, 1.54) is 0 Å². The summed E-state index contributed by atoms with van der Waals surface area (Å²) in [6.07, 6.45) is 1.58. The SMILES string of the molecule is CCC(C)(CCN)NC(=O)c1ccc2c(c1)OCCO2. The zero-order valence-corrected chi connectivity index (χ0v) is 12.1. The lowest BCUT2D eigenvalue weighted by Gasteiger charge is -2.29. The molecule has 0 saturated carbocycles. The predicted molar refractivity (Wildman–Crippen MR) is 77.3 cm³/mol. The summed E-state index contributed by atoms with van der Waals surface area (Å²) in [7, 11) is 0. The maximum absolute atomic E-state index is 12.3. The van der Waals surface area contributed by atoms with Gasteiger partial charge in [-0.05, 0) is 44.5 Å². The summed E-state index contributed by atoms with van der Waals surface area (Å²) < 4.78 is 10.9. The second-order valence-corrected chi connectivity index (χ2v) is 5.27. The molecule has 0 aromatic heterocycles. The molecule has 5 heteroatoms. The number of rotatable bonds is 5. The summed E-state index contributed by atoms with van der Waals surface area (Å²) in [4.78, 5) is 12.3. The van der Waals surface area contributed by atoms with Gasteiger partial charge in [0, 0.05) is 11.1 Å². The van der Waals surface area contributed by atoms with Crippen molar-refractivity contribution in [3.05, 3.63) is 23.8 Å². The molecule has 110 valence electrons. The van der Waals surface area contributed by atoms with Crippen LogP contribution in [0.5, 0.6) is 11.5 Å². The zero-order valence-electron chi connectivity index (χ0n) is 12.1. The molecule has 5 nitrogen and oxygen atoms in total. The third-order valence-corrected chi connectivity index (χ3v) is 3.70. The van der Waals surface area contributed by atoms with E-state index in [-0.39, 0.29) is 11.4 Å². The average molecular weight is 278 g/mol. The van der Waals surface area contributed by atoms with E-state index in [0.29, 0.717) is 36.8 Å². The summed E-state index contributed by atoms with van der Waals surface area (Å²) in [5, 5.41) is 3.05. The van der Waals surface area contributed by atoms with Crippen LogP contribution in [0.3, 0.4) is 0 Å². The Hall–Kier alpha value is -1.75. The fourth-order valence-electron chi connectivity index (χ4n) is 2.18. The average Bonchev–Trinajstić information content (AvgIpc) is 2.47. The van der Waals surface area contributed by atoms with Crippen LogP contribution in [0, 0.1) is 0 Å². The lowest BCUT2D eigenvalue weighted by Crippen LogP contribution is -2.46. The molecule has 0 radical (unpaired) electrons. The number of nitrogens with one attached hydrogen (secondary N) is 1. The van der Waals surface area contributed by atoms with Crippen LogP contribution in [0.2, 0.25) is 0 Å². The summed E-state index contributed by atoms with van der Waals surface area (Å²) >= 11 is 0. The quantitative estimate of drug-likeness (QED) is 0.860. The molecule has 1 aliphatic rings. The van der Waals surface area contributed by atoms with Gasteiger partial charge in [-0.25, -0.2) is 0 Å². The number of amides is 1. The Balaban J connectivity index is 2.13. The number of benzene rings is 1. The van der Waals surface area contributed by atoms with Crippen LogP contribution < -0.4 is 20.5 Å². The molecule has 20 heavy (non-hydrogen) atoms. The minimum atomic E-state index is -0.279. The molecule has 0 aliphatic carbocycles. The highest BCUT2D eigenvalue weighted by Crippen LogP contribution is 2.30. The highest BCUT2D eigenvalue weighted by atomic mass is 16.6. The highest BCUT2D eigenvalue weighted by molar-refractivity contribution is 5.95. The maximum atomic E-state index is 12.3. The van der Waals surface area contributed by atoms with Crippen molar-refractivity contribution >= 4 is 5.91 Å². The molecule has 1 atom stereocenters. The highest BCUT2D eigenvalue weighted by Gasteiger charge is 2.24. The zero-order chi connectivity index (χ0) is 14.6. The number of ether oxygens (including phenoxy) is 2. The number of nitrogens with two attached hydrogens (primary N) is 1. The Labute approximate surface area is 119 Å². The fraction of sp³-hybridized carbons (Fsp3) is 0.533. The Morgan fingerprint density at radius 1 is 1.35 bits per heavy atom. The first kappa shape index (κ1) is 14.7. The van der Waals surface area contributed by atoms with Crippen molar-refractivity contribution < 1.29 is 14.3 Å². The molecule has 1 unspecified atom stereocenters. The van der Waals surface area contributed by atoms with E-state index in [2.05, 4.69) is 5.32 Å². The smallest absolute Gasteiger partial charge is 0.251 e. The van der Waals surface area contributed by atoms with Crippen molar-refractivity contribution in [3.8, 4) is 11.5 Å². The molecular formula is C15H22N2O3. The molecule has 1 heterocycles. The van der Waals surface area contributed by atoms with Crippen LogP contribution in [0.4, 0.5) is 0 Å². The van der Waals surface area contributed by atoms with Gasteiger partial charge in [-0.3, -0.25) is 4.79 Å². The van der Waals surface area contributed by atoms with Crippen LogP contribution in [0.15, 0.2) is 18.2 Å². The van der Waals surface area contributed by atoms with Crippen molar-refractivity contribution in [2.45, 2.75) is 32.2 Å². The lowest BCUT2D eigenvalue weighted by molar-refractivity contribution is 0.0898. The topological polar surface area (TPSA) is 73.6 Å².